The van der Waals surface area contributed by atoms with Crippen LogP contribution in [0.15, 0.2) is 65.8 Å². The predicted octanol–water partition coefficient (Wildman–Crippen LogP) is 4.48. The average molecular weight is 493 g/mol. The van der Waals surface area contributed by atoms with E-state index in [4.69, 9.17) is 23.7 Å². The first-order valence-corrected chi connectivity index (χ1v) is 11.2. The molecule has 0 aromatic heterocycles. The summed E-state index contributed by atoms with van der Waals surface area (Å²) in [6.07, 6.45) is 2.34. The van der Waals surface area contributed by atoms with E-state index in [1.165, 1.54) is 27.5 Å². The van der Waals surface area contributed by atoms with Gasteiger partial charge in [-0.2, -0.15) is 5.10 Å². The van der Waals surface area contributed by atoms with E-state index in [1.54, 1.807) is 60.7 Å². The van der Waals surface area contributed by atoms with Crippen molar-refractivity contribution >= 4 is 18.1 Å². The third kappa shape index (κ3) is 6.75. The van der Waals surface area contributed by atoms with Crippen molar-refractivity contribution in [3.8, 4) is 28.7 Å². The molecule has 9 nitrogen and oxygen atoms in total. The van der Waals surface area contributed by atoms with Crippen LogP contribution in [0.5, 0.6) is 28.7 Å². The normalized spacial score (nSPS) is 10.6. The molecule has 3 aromatic rings. The lowest BCUT2D eigenvalue weighted by Gasteiger charge is -2.10. The second-order valence-electron chi connectivity index (χ2n) is 7.44. The third-order valence-corrected chi connectivity index (χ3v) is 4.98. The highest BCUT2D eigenvalue weighted by Gasteiger charge is 2.14. The number of nitrogens with one attached hydrogen (secondary N) is 1. The van der Waals surface area contributed by atoms with Gasteiger partial charge in [-0.3, -0.25) is 4.79 Å². The van der Waals surface area contributed by atoms with Gasteiger partial charge in [0.1, 0.15) is 5.75 Å². The molecule has 0 heterocycles. The molecule has 0 aliphatic heterocycles. The Morgan fingerprint density at radius 1 is 0.806 bits per heavy atom. The highest BCUT2D eigenvalue weighted by atomic mass is 16.6. The number of amides is 1. The van der Waals surface area contributed by atoms with Gasteiger partial charge in [0.2, 0.25) is 0 Å². The number of esters is 1. The van der Waals surface area contributed by atoms with Gasteiger partial charge in [0.05, 0.1) is 39.7 Å². The number of methoxy groups -OCH3 is 3. The van der Waals surface area contributed by atoms with Gasteiger partial charge in [-0.25, -0.2) is 10.2 Å². The fourth-order valence-corrected chi connectivity index (χ4v) is 3.12. The largest absolute Gasteiger partial charge is 0.494 e. The maximum absolute atomic E-state index is 12.6. The van der Waals surface area contributed by atoms with Crippen molar-refractivity contribution in [1.82, 2.24) is 5.43 Å². The van der Waals surface area contributed by atoms with Gasteiger partial charge >= 0.3 is 5.97 Å². The Hall–Kier alpha value is -4.53. The first-order valence-electron chi connectivity index (χ1n) is 11.2. The average Bonchev–Trinajstić information content (AvgIpc) is 2.92. The number of hydrogen-bond acceptors (Lipinski definition) is 8. The highest BCUT2D eigenvalue weighted by Crippen LogP contribution is 2.29. The summed E-state index contributed by atoms with van der Waals surface area (Å²) in [4.78, 5) is 24.9. The number of carbonyl (C=O) groups is 2. The maximum Gasteiger partial charge on any atom is 0.343 e. The minimum atomic E-state index is -0.529. The molecule has 0 bridgehead atoms. The standard InChI is InChI=1S/C27H28N2O7/c1-5-14-35-21-10-7-19(8-11-21)27(31)36-23-12-6-18(15-24(23)33-3)17-28-29-26(30)20-9-13-22(32-2)25(16-20)34-4/h6-13,15-17H,5,14H2,1-4H3,(H,29,30). The predicted molar refractivity (Wildman–Crippen MR) is 135 cm³/mol. The van der Waals surface area contributed by atoms with Crippen LogP contribution in [0, 0.1) is 0 Å². The van der Waals surface area contributed by atoms with Crippen LogP contribution >= 0.6 is 0 Å². The lowest BCUT2D eigenvalue weighted by Crippen LogP contribution is -2.17. The maximum atomic E-state index is 12.6. The molecule has 0 saturated carbocycles. The van der Waals surface area contributed by atoms with Crippen LogP contribution in [0.2, 0.25) is 0 Å². The fourth-order valence-electron chi connectivity index (χ4n) is 3.12. The van der Waals surface area contributed by atoms with E-state index in [2.05, 4.69) is 10.5 Å². The van der Waals surface area contributed by atoms with Crippen molar-refractivity contribution in [2.75, 3.05) is 27.9 Å². The SMILES string of the molecule is CCCOc1ccc(C(=O)Oc2ccc(C=NNC(=O)c3ccc(OC)c(OC)c3)cc2OC)cc1. The van der Waals surface area contributed by atoms with E-state index in [-0.39, 0.29) is 5.75 Å². The summed E-state index contributed by atoms with van der Waals surface area (Å²) in [5, 5.41) is 3.99. The Balaban J connectivity index is 1.64. The lowest BCUT2D eigenvalue weighted by molar-refractivity contribution is 0.0729. The Labute approximate surface area is 209 Å². The molecule has 9 heteroatoms. The van der Waals surface area contributed by atoms with Crippen molar-refractivity contribution in [1.29, 1.82) is 0 Å². The molecule has 0 radical (unpaired) electrons. The quantitative estimate of drug-likeness (QED) is 0.182. The van der Waals surface area contributed by atoms with E-state index in [9.17, 15) is 9.59 Å². The van der Waals surface area contributed by atoms with Gasteiger partial charge in [-0.05, 0) is 72.6 Å². The smallest absolute Gasteiger partial charge is 0.343 e. The minimum Gasteiger partial charge on any atom is -0.494 e. The fraction of sp³-hybridized carbons (Fsp3) is 0.222. The van der Waals surface area contributed by atoms with Crippen molar-refractivity contribution in [3.05, 3.63) is 77.4 Å². The molecule has 188 valence electrons. The van der Waals surface area contributed by atoms with Crippen LogP contribution in [0.3, 0.4) is 0 Å². The number of ether oxygens (including phenoxy) is 5. The molecular formula is C27H28N2O7. The minimum absolute atomic E-state index is 0.250. The molecule has 0 saturated heterocycles. The number of carbonyl (C=O) groups excluding carboxylic acids is 2. The zero-order chi connectivity index (χ0) is 25.9. The van der Waals surface area contributed by atoms with E-state index >= 15 is 0 Å². The monoisotopic (exact) mass is 492 g/mol. The van der Waals surface area contributed by atoms with Crippen LogP contribution < -0.4 is 29.1 Å². The van der Waals surface area contributed by atoms with Crippen LogP contribution in [-0.2, 0) is 0 Å². The molecule has 0 spiro atoms. The van der Waals surface area contributed by atoms with Crippen molar-refractivity contribution < 1.29 is 33.3 Å². The Morgan fingerprint density at radius 3 is 2.11 bits per heavy atom. The van der Waals surface area contributed by atoms with Gasteiger partial charge in [0.15, 0.2) is 23.0 Å². The van der Waals surface area contributed by atoms with E-state index < -0.39 is 11.9 Å². The molecule has 3 rings (SSSR count). The van der Waals surface area contributed by atoms with Gasteiger partial charge in [-0.1, -0.05) is 6.92 Å². The highest BCUT2D eigenvalue weighted by molar-refractivity contribution is 5.95. The van der Waals surface area contributed by atoms with Gasteiger partial charge in [0, 0.05) is 5.56 Å². The van der Waals surface area contributed by atoms with Crippen molar-refractivity contribution in [3.63, 3.8) is 0 Å². The number of hydrogen-bond donors (Lipinski definition) is 1. The van der Waals surface area contributed by atoms with E-state index in [0.29, 0.717) is 46.3 Å². The van der Waals surface area contributed by atoms with Crippen LogP contribution in [0.25, 0.3) is 0 Å². The first-order chi connectivity index (χ1) is 17.5. The summed E-state index contributed by atoms with van der Waals surface area (Å²) in [6, 6.07) is 16.4. The molecule has 1 N–H and O–H groups in total. The van der Waals surface area contributed by atoms with Crippen molar-refractivity contribution in [2.24, 2.45) is 5.10 Å². The molecule has 3 aromatic carbocycles. The summed E-state index contributed by atoms with van der Waals surface area (Å²) in [7, 11) is 4.47. The second kappa shape index (κ2) is 12.8. The van der Waals surface area contributed by atoms with E-state index in [1.807, 2.05) is 6.92 Å². The van der Waals surface area contributed by atoms with Gasteiger partial charge in [-0.15, -0.1) is 0 Å². The topological polar surface area (TPSA) is 105 Å². The Morgan fingerprint density at radius 2 is 1.44 bits per heavy atom. The summed E-state index contributed by atoms with van der Waals surface area (Å²) < 4.78 is 26.8. The Bertz CT molecular complexity index is 1220. The number of rotatable bonds is 11. The van der Waals surface area contributed by atoms with E-state index in [0.717, 1.165) is 6.42 Å². The zero-order valence-electron chi connectivity index (χ0n) is 20.6. The van der Waals surface area contributed by atoms with Crippen molar-refractivity contribution in [2.45, 2.75) is 13.3 Å². The molecular weight excluding hydrogens is 464 g/mol. The lowest BCUT2D eigenvalue weighted by atomic mass is 10.2. The molecule has 36 heavy (non-hydrogen) atoms. The van der Waals surface area contributed by atoms with Crippen LogP contribution in [0.1, 0.15) is 39.6 Å². The molecule has 0 aliphatic carbocycles. The van der Waals surface area contributed by atoms with Gasteiger partial charge < -0.3 is 23.7 Å². The summed E-state index contributed by atoms with van der Waals surface area (Å²) in [5.74, 6) is 1.28. The molecule has 0 unspecified atom stereocenters. The zero-order valence-corrected chi connectivity index (χ0v) is 20.6. The summed E-state index contributed by atoms with van der Waals surface area (Å²) in [5.41, 5.74) is 3.81. The summed E-state index contributed by atoms with van der Waals surface area (Å²) >= 11 is 0. The third-order valence-electron chi connectivity index (χ3n) is 4.98. The van der Waals surface area contributed by atoms with Crippen LogP contribution in [-0.4, -0.2) is 46.0 Å². The second-order valence-corrected chi connectivity index (χ2v) is 7.44. The van der Waals surface area contributed by atoms with Crippen LogP contribution in [0.4, 0.5) is 0 Å². The molecule has 0 atom stereocenters. The number of benzene rings is 3. The Kier molecular flexibility index (Phi) is 9.27. The summed E-state index contributed by atoms with van der Waals surface area (Å²) in [6.45, 7) is 2.63. The van der Waals surface area contributed by atoms with Gasteiger partial charge in [0.25, 0.3) is 5.91 Å². The molecule has 0 aliphatic rings. The molecule has 1 amide bonds. The number of nitrogens with zero attached hydrogens (tertiary/aromatic N) is 1. The molecule has 0 fully saturated rings. The number of hydrazone groups is 1. The first kappa shape index (κ1) is 26.1.